The van der Waals surface area contributed by atoms with Gasteiger partial charge in [0, 0.05) is 40.5 Å². The molecule has 0 atom stereocenters. The van der Waals surface area contributed by atoms with E-state index in [1.807, 2.05) is 35.8 Å². The molecule has 0 radical (unpaired) electrons. The number of aliphatic imine (C=N–C) groups is 1. The van der Waals surface area contributed by atoms with Gasteiger partial charge in [0.2, 0.25) is 5.91 Å². The molecule has 4 rings (SSSR count). The van der Waals surface area contributed by atoms with Crippen molar-refractivity contribution in [1.29, 1.82) is 0 Å². The number of rotatable bonds is 8. The molecule has 3 heterocycles. The zero-order valence-corrected chi connectivity index (χ0v) is 19.2. The molecule has 0 saturated heterocycles. The maximum atomic E-state index is 12.6. The van der Waals surface area contributed by atoms with E-state index in [0.717, 1.165) is 38.4 Å². The Morgan fingerprint density at radius 3 is 2.66 bits per heavy atom. The molecule has 0 spiro atoms. The van der Waals surface area contributed by atoms with E-state index in [2.05, 4.69) is 16.3 Å². The van der Waals surface area contributed by atoms with Crippen molar-refractivity contribution in [2.45, 2.75) is 26.3 Å². The third-order valence-corrected chi connectivity index (χ3v) is 6.81. The van der Waals surface area contributed by atoms with Gasteiger partial charge in [-0.15, -0.1) is 21.5 Å². The number of aryl methyl sites for hydroxylation is 2. The van der Waals surface area contributed by atoms with Crippen molar-refractivity contribution >= 4 is 34.6 Å². The van der Waals surface area contributed by atoms with Crippen LogP contribution in [0.25, 0.3) is 5.00 Å². The first-order valence-corrected chi connectivity index (χ1v) is 11.6. The van der Waals surface area contributed by atoms with E-state index in [4.69, 9.17) is 16.6 Å². The lowest BCUT2D eigenvalue weighted by Gasteiger charge is -2.20. The van der Waals surface area contributed by atoms with Crippen molar-refractivity contribution in [3.8, 4) is 5.00 Å². The first-order valence-electron chi connectivity index (χ1n) is 10.4. The SMILES string of the molecule is Cc1nnc2n1-c1sc(CCC(=O)N(CCO)CCO)cc1C(c1ccccc1Cl)=NC2. The number of aromatic nitrogens is 3. The molecule has 2 aromatic heterocycles. The van der Waals surface area contributed by atoms with Crippen LogP contribution >= 0.6 is 22.9 Å². The molecule has 0 fully saturated rings. The minimum absolute atomic E-state index is 0.0992. The second-order valence-electron chi connectivity index (χ2n) is 7.40. The van der Waals surface area contributed by atoms with Gasteiger partial charge in [0.15, 0.2) is 5.82 Å². The Morgan fingerprint density at radius 1 is 1.19 bits per heavy atom. The Labute approximate surface area is 194 Å². The fourth-order valence-electron chi connectivity index (χ4n) is 3.77. The minimum Gasteiger partial charge on any atom is -0.395 e. The summed E-state index contributed by atoms with van der Waals surface area (Å²) in [5.74, 6) is 1.43. The van der Waals surface area contributed by atoms with E-state index in [1.54, 1.807) is 11.3 Å². The van der Waals surface area contributed by atoms with Crippen LogP contribution in [0.1, 0.15) is 34.1 Å². The number of halogens is 1. The molecule has 1 amide bonds. The number of aliphatic hydroxyl groups excluding tert-OH is 2. The predicted octanol–water partition coefficient (Wildman–Crippen LogP) is 2.39. The summed E-state index contributed by atoms with van der Waals surface area (Å²) in [7, 11) is 0. The largest absolute Gasteiger partial charge is 0.395 e. The highest BCUT2D eigenvalue weighted by Crippen LogP contribution is 2.35. The molecule has 8 nitrogen and oxygen atoms in total. The van der Waals surface area contributed by atoms with Crippen LogP contribution in [-0.2, 0) is 17.8 Å². The molecular formula is C22H24ClN5O3S. The maximum Gasteiger partial charge on any atom is 0.223 e. The van der Waals surface area contributed by atoms with Gasteiger partial charge in [-0.05, 0) is 25.5 Å². The Morgan fingerprint density at radius 2 is 1.94 bits per heavy atom. The molecule has 10 heteroatoms. The van der Waals surface area contributed by atoms with Gasteiger partial charge in [-0.3, -0.25) is 14.4 Å². The zero-order chi connectivity index (χ0) is 22.7. The standard InChI is InChI=1S/C22H24ClN5O3S/c1-14-25-26-19-13-24-21(16-4-2-3-5-18(16)23)17-12-15(32-22(17)28(14)19)6-7-20(31)27(8-10-29)9-11-30/h2-5,12,29-30H,6-11,13H2,1H3. The molecule has 0 aliphatic carbocycles. The van der Waals surface area contributed by atoms with Crippen molar-refractivity contribution < 1.29 is 15.0 Å². The molecule has 3 aromatic rings. The van der Waals surface area contributed by atoms with Crippen molar-refractivity contribution in [1.82, 2.24) is 19.7 Å². The van der Waals surface area contributed by atoms with E-state index in [-0.39, 0.29) is 38.6 Å². The topological polar surface area (TPSA) is 104 Å². The second-order valence-corrected chi connectivity index (χ2v) is 8.93. The summed E-state index contributed by atoms with van der Waals surface area (Å²) < 4.78 is 2.02. The van der Waals surface area contributed by atoms with Crippen LogP contribution in [0, 0.1) is 6.92 Å². The molecule has 1 aliphatic rings. The van der Waals surface area contributed by atoms with Gasteiger partial charge in [0.25, 0.3) is 0 Å². The monoisotopic (exact) mass is 473 g/mol. The van der Waals surface area contributed by atoms with Crippen LogP contribution in [0.3, 0.4) is 0 Å². The number of carbonyl (C=O) groups excluding carboxylic acids is 1. The molecule has 32 heavy (non-hydrogen) atoms. The van der Waals surface area contributed by atoms with Crippen LogP contribution in [0.2, 0.25) is 5.02 Å². The van der Waals surface area contributed by atoms with Gasteiger partial charge >= 0.3 is 0 Å². The first-order chi connectivity index (χ1) is 15.5. The molecule has 1 aromatic carbocycles. The van der Waals surface area contributed by atoms with E-state index in [0.29, 0.717) is 18.0 Å². The Balaban J connectivity index is 1.68. The van der Waals surface area contributed by atoms with Gasteiger partial charge < -0.3 is 15.1 Å². The minimum atomic E-state index is -0.133. The lowest BCUT2D eigenvalue weighted by molar-refractivity contribution is -0.132. The highest BCUT2D eigenvalue weighted by atomic mass is 35.5. The molecule has 0 saturated carbocycles. The normalized spacial score (nSPS) is 12.7. The molecule has 0 unspecified atom stereocenters. The van der Waals surface area contributed by atoms with E-state index < -0.39 is 0 Å². The summed E-state index contributed by atoms with van der Waals surface area (Å²) in [6.45, 7) is 2.47. The number of carbonyl (C=O) groups is 1. The number of nitrogens with zero attached hydrogens (tertiary/aromatic N) is 5. The summed E-state index contributed by atoms with van der Waals surface area (Å²) in [4.78, 5) is 19.9. The van der Waals surface area contributed by atoms with E-state index >= 15 is 0 Å². The third-order valence-electron chi connectivity index (χ3n) is 5.30. The Bertz CT molecular complexity index is 1150. The Hall–Kier alpha value is -2.59. The second kappa shape index (κ2) is 9.91. The van der Waals surface area contributed by atoms with Gasteiger partial charge in [0.1, 0.15) is 17.4 Å². The van der Waals surface area contributed by atoms with Crippen LogP contribution in [0.4, 0.5) is 0 Å². The number of hydrogen-bond donors (Lipinski definition) is 2. The predicted molar refractivity (Wildman–Crippen MR) is 124 cm³/mol. The number of thiophene rings is 1. The zero-order valence-electron chi connectivity index (χ0n) is 17.7. The lowest BCUT2D eigenvalue weighted by atomic mass is 10.0. The van der Waals surface area contributed by atoms with Crippen LogP contribution in [-0.4, -0.2) is 67.8 Å². The summed E-state index contributed by atoms with van der Waals surface area (Å²) in [5.41, 5.74) is 2.59. The number of fused-ring (bicyclic) bond motifs is 3. The third kappa shape index (κ3) is 4.47. The maximum absolute atomic E-state index is 12.6. The fraction of sp³-hybridized carbons (Fsp3) is 0.364. The van der Waals surface area contributed by atoms with Crippen molar-refractivity contribution in [2.75, 3.05) is 26.3 Å². The van der Waals surface area contributed by atoms with Gasteiger partial charge in [0.05, 0.1) is 18.9 Å². The molecular weight excluding hydrogens is 450 g/mol. The van der Waals surface area contributed by atoms with Gasteiger partial charge in [-0.25, -0.2) is 0 Å². The summed E-state index contributed by atoms with van der Waals surface area (Å²) in [6, 6.07) is 9.68. The number of amides is 1. The highest BCUT2D eigenvalue weighted by molar-refractivity contribution is 7.15. The lowest BCUT2D eigenvalue weighted by Crippen LogP contribution is -2.35. The first kappa shape index (κ1) is 22.6. The highest BCUT2D eigenvalue weighted by Gasteiger charge is 2.25. The van der Waals surface area contributed by atoms with Crippen molar-refractivity contribution in [3.05, 3.63) is 63.0 Å². The van der Waals surface area contributed by atoms with Gasteiger partial charge in [-0.1, -0.05) is 29.8 Å². The van der Waals surface area contributed by atoms with Crippen LogP contribution in [0.15, 0.2) is 35.3 Å². The Kier molecular flexibility index (Phi) is 7.00. The molecule has 168 valence electrons. The summed E-state index contributed by atoms with van der Waals surface area (Å²) >= 11 is 8.08. The van der Waals surface area contributed by atoms with Crippen LogP contribution in [0.5, 0.6) is 0 Å². The molecule has 0 bridgehead atoms. The van der Waals surface area contributed by atoms with E-state index in [9.17, 15) is 15.0 Å². The summed E-state index contributed by atoms with van der Waals surface area (Å²) in [5, 5.41) is 28.4. The average molecular weight is 474 g/mol. The molecule has 2 N–H and O–H groups in total. The number of hydrogen-bond acceptors (Lipinski definition) is 7. The fourth-order valence-corrected chi connectivity index (χ4v) is 5.22. The van der Waals surface area contributed by atoms with E-state index in [1.165, 1.54) is 4.90 Å². The van der Waals surface area contributed by atoms with Gasteiger partial charge in [-0.2, -0.15) is 0 Å². The van der Waals surface area contributed by atoms with Crippen LogP contribution < -0.4 is 0 Å². The number of benzene rings is 1. The summed E-state index contributed by atoms with van der Waals surface area (Å²) in [6.07, 6.45) is 0.822. The van der Waals surface area contributed by atoms with Crippen molar-refractivity contribution in [2.24, 2.45) is 4.99 Å². The van der Waals surface area contributed by atoms with Crippen molar-refractivity contribution in [3.63, 3.8) is 0 Å². The smallest absolute Gasteiger partial charge is 0.223 e. The average Bonchev–Trinajstić information content (AvgIpc) is 3.32. The quantitative estimate of drug-likeness (QED) is 0.522. The number of aliphatic hydroxyl groups is 2. The molecule has 1 aliphatic heterocycles.